The monoisotopic (exact) mass is 253 g/mol. The quantitative estimate of drug-likeness (QED) is 0.902. The van der Waals surface area contributed by atoms with Crippen LogP contribution in [0, 0.1) is 25.2 Å². The van der Waals surface area contributed by atoms with Crippen molar-refractivity contribution in [3.63, 3.8) is 0 Å². The van der Waals surface area contributed by atoms with Crippen LogP contribution in [0.15, 0.2) is 24.4 Å². The summed E-state index contributed by atoms with van der Waals surface area (Å²) in [6.45, 7) is 4.40. The van der Waals surface area contributed by atoms with Crippen molar-refractivity contribution in [3.05, 3.63) is 46.9 Å². The van der Waals surface area contributed by atoms with Crippen LogP contribution in [-0.4, -0.2) is 21.7 Å². The van der Waals surface area contributed by atoms with E-state index in [4.69, 9.17) is 5.26 Å². The number of aryl methyl sites for hydroxylation is 1. The lowest BCUT2D eigenvalue weighted by atomic mass is 10.1. The maximum Gasteiger partial charge on any atom is 0.166 e. The van der Waals surface area contributed by atoms with E-state index in [9.17, 15) is 0 Å². The summed E-state index contributed by atoms with van der Waals surface area (Å²) in [4.78, 5) is 4.24. The maximum absolute atomic E-state index is 9.17. The second kappa shape index (κ2) is 5.91. The molecule has 0 radical (unpaired) electrons. The van der Waals surface area contributed by atoms with Gasteiger partial charge in [0, 0.05) is 24.9 Å². The number of nitrogens with zero attached hydrogens (tertiary/aromatic N) is 4. The number of nitriles is 1. The van der Waals surface area contributed by atoms with E-state index in [1.54, 1.807) is 6.20 Å². The lowest BCUT2D eigenvalue weighted by Gasteiger charge is -2.09. The molecule has 2 heterocycles. The highest BCUT2D eigenvalue weighted by Crippen LogP contribution is 2.16. The Hall–Kier alpha value is -2.48. The van der Waals surface area contributed by atoms with Gasteiger partial charge in [-0.15, -0.1) is 5.10 Å². The summed E-state index contributed by atoms with van der Waals surface area (Å²) in [6, 6.07) is 7.99. The SMILES string of the molecule is Cc1nnc(NCCc2ccccn2)c(C#N)c1C. The van der Waals surface area contributed by atoms with Gasteiger partial charge in [0.25, 0.3) is 0 Å². The van der Waals surface area contributed by atoms with E-state index < -0.39 is 0 Å². The number of aromatic nitrogens is 3. The van der Waals surface area contributed by atoms with Crippen LogP contribution in [0.1, 0.15) is 22.5 Å². The molecule has 0 saturated carbocycles. The molecule has 0 atom stereocenters. The number of hydrogen-bond acceptors (Lipinski definition) is 5. The lowest BCUT2D eigenvalue weighted by Crippen LogP contribution is -2.11. The van der Waals surface area contributed by atoms with Gasteiger partial charge < -0.3 is 5.32 Å². The van der Waals surface area contributed by atoms with Crippen LogP contribution in [0.3, 0.4) is 0 Å². The fourth-order valence-electron chi connectivity index (χ4n) is 1.72. The molecule has 0 amide bonds. The molecule has 0 aliphatic rings. The fraction of sp³-hybridized carbons (Fsp3) is 0.286. The smallest absolute Gasteiger partial charge is 0.166 e. The van der Waals surface area contributed by atoms with Crippen molar-refractivity contribution in [1.29, 1.82) is 5.26 Å². The largest absolute Gasteiger partial charge is 0.367 e. The number of pyridine rings is 1. The minimum Gasteiger partial charge on any atom is -0.367 e. The first-order valence-electron chi connectivity index (χ1n) is 6.10. The van der Waals surface area contributed by atoms with Gasteiger partial charge in [0.1, 0.15) is 11.6 Å². The molecule has 0 aromatic carbocycles. The van der Waals surface area contributed by atoms with Gasteiger partial charge in [-0.1, -0.05) is 6.07 Å². The Morgan fingerprint density at radius 2 is 2.11 bits per heavy atom. The predicted octanol–water partition coefficient (Wildman–Crippen LogP) is 2.01. The van der Waals surface area contributed by atoms with E-state index in [2.05, 4.69) is 26.6 Å². The Morgan fingerprint density at radius 1 is 1.26 bits per heavy atom. The first kappa shape index (κ1) is 13.0. The molecule has 0 fully saturated rings. The summed E-state index contributed by atoms with van der Waals surface area (Å²) in [5.74, 6) is 0.543. The van der Waals surface area contributed by atoms with E-state index in [1.807, 2.05) is 32.0 Å². The molecule has 1 N–H and O–H groups in total. The third-order valence-corrected chi connectivity index (χ3v) is 2.97. The zero-order valence-electron chi connectivity index (χ0n) is 11.0. The Kier molecular flexibility index (Phi) is 4.04. The van der Waals surface area contributed by atoms with Crippen molar-refractivity contribution in [1.82, 2.24) is 15.2 Å². The molecule has 0 unspecified atom stereocenters. The molecular formula is C14H15N5. The Labute approximate surface area is 112 Å². The number of anilines is 1. The molecule has 0 bridgehead atoms. The summed E-state index contributed by atoms with van der Waals surface area (Å²) in [6.07, 6.45) is 2.55. The average Bonchev–Trinajstić information content (AvgIpc) is 2.44. The minimum absolute atomic E-state index is 0.543. The van der Waals surface area contributed by atoms with Gasteiger partial charge in [0.15, 0.2) is 5.82 Å². The van der Waals surface area contributed by atoms with E-state index in [-0.39, 0.29) is 0 Å². The third-order valence-electron chi connectivity index (χ3n) is 2.97. The van der Waals surface area contributed by atoms with Crippen LogP contribution in [0.4, 0.5) is 5.82 Å². The standard InChI is InChI=1S/C14H15N5/c1-10-11(2)18-19-14(13(10)9-15)17-8-6-12-5-3-4-7-16-12/h3-5,7H,6,8H2,1-2H3,(H,17,19). The third kappa shape index (κ3) is 3.05. The highest BCUT2D eigenvalue weighted by atomic mass is 15.2. The van der Waals surface area contributed by atoms with Crippen molar-refractivity contribution in [3.8, 4) is 6.07 Å². The van der Waals surface area contributed by atoms with E-state index in [0.29, 0.717) is 17.9 Å². The van der Waals surface area contributed by atoms with Crippen molar-refractivity contribution >= 4 is 5.82 Å². The van der Waals surface area contributed by atoms with E-state index in [1.165, 1.54) is 0 Å². The predicted molar refractivity (Wildman–Crippen MR) is 72.7 cm³/mol. The van der Waals surface area contributed by atoms with Crippen molar-refractivity contribution in [2.24, 2.45) is 0 Å². The van der Waals surface area contributed by atoms with Gasteiger partial charge in [-0.2, -0.15) is 10.4 Å². The molecule has 0 aliphatic carbocycles. The first-order valence-corrected chi connectivity index (χ1v) is 6.10. The molecule has 0 spiro atoms. The van der Waals surface area contributed by atoms with Gasteiger partial charge in [-0.25, -0.2) is 0 Å². The molecule has 2 aromatic rings. The molecule has 5 nitrogen and oxygen atoms in total. The Bertz CT molecular complexity index is 601. The molecular weight excluding hydrogens is 238 g/mol. The Morgan fingerprint density at radius 3 is 2.79 bits per heavy atom. The summed E-state index contributed by atoms with van der Waals surface area (Å²) in [7, 11) is 0. The molecule has 19 heavy (non-hydrogen) atoms. The van der Waals surface area contributed by atoms with Gasteiger partial charge >= 0.3 is 0 Å². The topological polar surface area (TPSA) is 74.5 Å². The Balaban J connectivity index is 2.05. The lowest BCUT2D eigenvalue weighted by molar-refractivity contribution is 0.912. The first-order chi connectivity index (χ1) is 9.22. The van der Waals surface area contributed by atoms with Crippen LogP contribution in [0.5, 0.6) is 0 Å². The molecule has 2 rings (SSSR count). The van der Waals surface area contributed by atoms with Gasteiger partial charge in [-0.05, 0) is 31.5 Å². The van der Waals surface area contributed by atoms with E-state index >= 15 is 0 Å². The van der Waals surface area contributed by atoms with Crippen molar-refractivity contribution < 1.29 is 0 Å². The van der Waals surface area contributed by atoms with Gasteiger partial charge in [0.2, 0.25) is 0 Å². The van der Waals surface area contributed by atoms with Crippen LogP contribution in [-0.2, 0) is 6.42 Å². The van der Waals surface area contributed by atoms with Crippen molar-refractivity contribution in [2.45, 2.75) is 20.3 Å². The molecule has 5 heteroatoms. The summed E-state index contributed by atoms with van der Waals surface area (Å²) in [5, 5.41) is 20.4. The second-order valence-electron chi connectivity index (χ2n) is 4.24. The van der Waals surface area contributed by atoms with Gasteiger partial charge in [-0.3, -0.25) is 4.98 Å². The second-order valence-corrected chi connectivity index (χ2v) is 4.24. The molecule has 96 valence electrons. The zero-order valence-corrected chi connectivity index (χ0v) is 11.0. The highest BCUT2D eigenvalue weighted by Gasteiger charge is 2.09. The minimum atomic E-state index is 0.543. The van der Waals surface area contributed by atoms with Crippen LogP contribution in [0.2, 0.25) is 0 Å². The summed E-state index contributed by atoms with van der Waals surface area (Å²) >= 11 is 0. The number of rotatable bonds is 4. The summed E-state index contributed by atoms with van der Waals surface area (Å²) in [5.41, 5.74) is 3.23. The van der Waals surface area contributed by atoms with Gasteiger partial charge in [0.05, 0.1) is 5.69 Å². The van der Waals surface area contributed by atoms with Crippen molar-refractivity contribution in [2.75, 3.05) is 11.9 Å². The van der Waals surface area contributed by atoms with Crippen LogP contribution in [0.25, 0.3) is 0 Å². The molecule has 2 aromatic heterocycles. The molecule has 0 aliphatic heterocycles. The number of hydrogen-bond donors (Lipinski definition) is 1. The highest BCUT2D eigenvalue weighted by molar-refractivity contribution is 5.55. The van der Waals surface area contributed by atoms with Crippen LogP contribution < -0.4 is 5.32 Å². The van der Waals surface area contributed by atoms with Crippen LogP contribution >= 0.6 is 0 Å². The van der Waals surface area contributed by atoms with E-state index in [0.717, 1.165) is 23.4 Å². The maximum atomic E-state index is 9.17. The summed E-state index contributed by atoms with van der Waals surface area (Å²) < 4.78 is 0. The molecule has 0 saturated heterocycles. The average molecular weight is 253 g/mol. The number of nitrogens with one attached hydrogen (secondary N) is 1. The fourth-order valence-corrected chi connectivity index (χ4v) is 1.72. The normalized spacial score (nSPS) is 9.95. The zero-order chi connectivity index (χ0) is 13.7.